The minimum Gasteiger partial charge on any atom is -0.355 e. The van der Waals surface area contributed by atoms with E-state index in [1.807, 2.05) is 36.4 Å². The van der Waals surface area contributed by atoms with Crippen molar-refractivity contribution >= 4 is 21.7 Å². The first-order chi connectivity index (χ1) is 9.74. The number of nitrogens with two attached hydrogens (primary N) is 1. The molecule has 20 heavy (non-hydrogen) atoms. The van der Waals surface area contributed by atoms with Crippen molar-refractivity contribution < 1.29 is 0 Å². The van der Waals surface area contributed by atoms with Gasteiger partial charge in [-0.25, -0.2) is 0 Å². The number of benzene rings is 1. The lowest BCUT2D eigenvalue weighted by Gasteiger charge is -2.30. The average Bonchev–Trinajstić information content (AvgIpc) is 2.49. The van der Waals surface area contributed by atoms with Crippen LogP contribution in [0.2, 0.25) is 0 Å². The first-order valence-corrected chi connectivity index (χ1v) is 7.62. The second-order valence-electron chi connectivity index (χ2n) is 5.08. The summed E-state index contributed by atoms with van der Waals surface area (Å²) in [5.74, 6) is 0.938. The summed E-state index contributed by atoms with van der Waals surface area (Å²) in [4.78, 5) is 2.25. The molecule has 0 radical (unpaired) electrons. The summed E-state index contributed by atoms with van der Waals surface area (Å²) in [5, 5.41) is 8.71. The Morgan fingerprint density at radius 2 is 1.80 bits per heavy atom. The van der Waals surface area contributed by atoms with Gasteiger partial charge in [-0.15, -0.1) is 10.2 Å². The molecule has 4 nitrogen and oxygen atoms in total. The van der Waals surface area contributed by atoms with Crippen molar-refractivity contribution in [1.29, 1.82) is 0 Å². The molecule has 1 fully saturated rings. The average molecular weight is 333 g/mol. The number of anilines is 1. The van der Waals surface area contributed by atoms with Crippen LogP contribution in [0.25, 0.3) is 11.3 Å². The number of rotatable bonds is 2. The van der Waals surface area contributed by atoms with Gasteiger partial charge in [0.05, 0.1) is 5.69 Å². The van der Waals surface area contributed by atoms with E-state index in [0.717, 1.165) is 47.5 Å². The second-order valence-corrected chi connectivity index (χ2v) is 5.94. The molecule has 1 saturated heterocycles. The van der Waals surface area contributed by atoms with E-state index in [4.69, 9.17) is 5.73 Å². The standard InChI is InChI=1S/C15H17BrN4/c16-13-4-2-1-3-12(13)14-5-6-15(19-18-14)20-9-7-11(17)8-10-20/h1-6,11H,7-10,17H2. The maximum atomic E-state index is 5.92. The normalized spacial score (nSPS) is 16.4. The Kier molecular flexibility index (Phi) is 3.98. The van der Waals surface area contributed by atoms with Crippen molar-refractivity contribution in [2.75, 3.05) is 18.0 Å². The molecule has 0 bridgehead atoms. The Morgan fingerprint density at radius 3 is 2.45 bits per heavy atom. The van der Waals surface area contributed by atoms with Gasteiger partial charge in [0.15, 0.2) is 5.82 Å². The highest BCUT2D eigenvalue weighted by atomic mass is 79.9. The van der Waals surface area contributed by atoms with Crippen molar-refractivity contribution in [3.05, 3.63) is 40.9 Å². The molecule has 1 aliphatic heterocycles. The highest BCUT2D eigenvalue weighted by molar-refractivity contribution is 9.10. The Bertz CT molecular complexity index is 577. The van der Waals surface area contributed by atoms with Crippen LogP contribution < -0.4 is 10.6 Å². The van der Waals surface area contributed by atoms with Gasteiger partial charge >= 0.3 is 0 Å². The number of hydrogen-bond acceptors (Lipinski definition) is 4. The number of nitrogens with zero attached hydrogens (tertiary/aromatic N) is 3. The Balaban J connectivity index is 1.80. The molecular weight excluding hydrogens is 316 g/mol. The molecule has 1 aliphatic rings. The molecule has 0 spiro atoms. The van der Waals surface area contributed by atoms with Crippen LogP contribution in [-0.2, 0) is 0 Å². The molecule has 1 aromatic heterocycles. The minimum atomic E-state index is 0.332. The van der Waals surface area contributed by atoms with E-state index >= 15 is 0 Å². The fourth-order valence-electron chi connectivity index (χ4n) is 2.44. The van der Waals surface area contributed by atoms with Gasteiger partial charge in [0, 0.05) is 29.2 Å². The highest BCUT2D eigenvalue weighted by Gasteiger charge is 2.17. The lowest BCUT2D eigenvalue weighted by atomic mass is 10.1. The second kappa shape index (κ2) is 5.89. The SMILES string of the molecule is NC1CCN(c2ccc(-c3ccccc3Br)nn2)CC1. The summed E-state index contributed by atoms with van der Waals surface area (Å²) in [5.41, 5.74) is 7.87. The summed E-state index contributed by atoms with van der Waals surface area (Å²) in [6.07, 6.45) is 2.04. The van der Waals surface area contributed by atoms with Crippen LogP contribution in [-0.4, -0.2) is 29.3 Å². The quantitative estimate of drug-likeness (QED) is 0.918. The first kappa shape index (κ1) is 13.5. The smallest absolute Gasteiger partial charge is 0.151 e. The molecular formula is C15H17BrN4. The van der Waals surface area contributed by atoms with Crippen LogP contribution in [0, 0.1) is 0 Å². The van der Waals surface area contributed by atoms with Crippen molar-refractivity contribution in [3.63, 3.8) is 0 Å². The lowest BCUT2D eigenvalue weighted by Crippen LogP contribution is -2.40. The van der Waals surface area contributed by atoms with Gasteiger partial charge < -0.3 is 10.6 Å². The number of piperidine rings is 1. The van der Waals surface area contributed by atoms with Crippen LogP contribution >= 0.6 is 15.9 Å². The molecule has 2 N–H and O–H groups in total. The van der Waals surface area contributed by atoms with Crippen LogP contribution in [0.4, 0.5) is 5.82 Å². The van der Waals surface area contributed by atoms with Crippen molar-refractivity contribution in [3.8, 4) is 11.3 Å². The molecule has 104 valence electrons. The van der Waals surface area contributed by atoms with Gasteiger partial charge in [-0.2, -0.15) is 0 Å². The predicted octanol–water partition coefficient (Wildman–Crippen LogP) is 2.83. The summed E-state index contributed by atoms with van der Waals surface area (Å²) in [7, 11) is 0. The van der Waals surface area contributed by atoms with E-state index in [9.17, 15) is 0 Å². The zero-order valence-corrected chi connectivity index (χ0v) is 12.8. The fraction of sp³-hybridized carbons (Fsp3) is 0.333. The predicted molar refractivity (Wildman–Crippen MR) is 84.6 cm³/mol. The summed E-state index contributed by atoms with van der Waals surface area (Å²) in [6, 6.07) is 12.4. The third-order valence-corrected chi connectivity index (χ3v) is 4.36. The highest BCUT2D eigenvalue weighted by Crippen LogP contribution is 2.27. The number of aromatic nitrogens is 2. The van der Waals surface area contributed by atoms with Crippen molar-refractivity contribution in [2.45, 2.75) is 18.9 Å². The Hall–Kier alpha value is -1.46. The lowest BCUT2D eigenvalue weighted by molar-refractivity contribution is 0.497. The molecule has 5 heteroatoms. The molecule has 0 aliphatic carbocycles. The number of hydrogen-bond donors (Lipinski definition) is 1. The largest absolute Gasteiger partial charge is 0.355 e. The van der Waals surface area contributed by atoms with Crippen LogP contribution in [0.1, 0.15) is 12.8 Å². The third kappa shape index (κ3) is 2.83. The van der Waals surface area contributed by atoms with Gasteiger partial charge in [-0.1, -0.05) is 34.1 Å². The van der Waals surface area contributed by atoms with Gasteiger partial charge in [0.2, 0.25) is 0 Å². The van der Waals surface area contributed by atoms with E-state index in [1.54, 1.807) is 0 Å². The Morgan fingerprint density at radius 1 is 1.05 bits per heavy atom. The van der Waals surface area contributed by atoms with E-state index < -0.39 is 0 Å². The summed E-state index contributed by atoms with van der Waals surface area (Å²) >= 11 is 3.54. The molecule has 2 aromatic rings. The van der Waals surface area contributed by atoms with Crippen molar-refractivity contribution in [1.82, 2.24) is 10.2 Å². The number of halogens is 1. The third-order valence-electron chi connectivity index (χ3n) is 3.66. The fourth-order valence-corrected chi connectivity index (χ4v) is 2.92. The molecule has 2 heterocycles. The van der Waals surface area contributed by atoms with E-state index in [0.29, 0.717) is 6.04 Å². The van der Waals surface area contributed by atoms with E-state index in [2.05, 4.69) is 31.0 Å². The Labute approximate surface area is 127 Å². The monoisotopic (exact) mass is 332 g/mol. The minimum absolute atomic E-state index is 0.332. The molecule has 1 aromatic carbocycles. The van der Waals surface area contributed by atoms with E-state index in [1.165, 1.54) is 0 Å². The van der Waals surface area contributed by atoms with Gasteiger partial charge in [-0.3, -0.25) is 0 Å². The van der Waals surface area contributed by atoms with Gasteiger partial charge in [-0.05, 0) is 31.0 Å². The van der Waals surface area contributed by atoms with Gasteiger partial charge in [0.25, 0.3) is 0 Å². The molecule has 0 amide bonds. The van der Waals surface area contributed by atoms with Crippen LogP contribution in [0.3, 0.4) is 0 Å². The topological polar surface area (TPSA) is 55.0 Å². The van der Waals surface area contributed by atoms with Crippen LogP contribution in [0.5, 0.6) is 0 Å². The maximum Gasteiger partial charge on any atom is 0.151 e. The van der Waals surface area contributed by atoms with E-state index in [-0.39, 0.29) is 0 Å². The zero-order chi connectivity index (χ0) is 13.9. The molecule has 0 unspecified atom stereocenters. The first-order valence-electron chi connectivity index (χ1n) is 6.83. The summed E-state index contributed by atoms with van der Waals surface area (Å²) in [6.45, 7) is 1.93. The van der Waals surface area contributed by atoms with Gasteiger partial charge in [0.1, 0.15) is 0 Å². The summed E-state index contributed by atoms with van der Waals surface area (Å²) < 4.78 is 1.03. The maximum absolute atomic E-state index is 5.92. The van der Waals surface area contributed by atoms with Crippen molar-refractivity contribution in [2.24, 2.45) is 5.73 Å². The molecule has 0 saturated carbocycles. The molecule has 0 atom stereocenters. The zero-order valence-electron chi connectivity index (χ0n) is 11.2. The van der Waals surface area contributed by atoms with Crippen LogP contribution in [0.15, 0.2) is 40.9 Å². The molecule has 3 rings (SSSR count).